The second kappa shape index (κ2) is 3.12. The molecule has 0 heterocycles. The molecule has 3 rings (SSSR count). The lowest BCUT2D eigenvalue weighted by Crippen LogP contribution is -2.37. The van der Waals surface area contributed by atoms with Crippen molar-refractivity contribution < 1.29 is 8.42 Å². The van der Waals surface area contributed by atoms with Gasteiger partial charge in [0, 0.05) is 17.2 Å². The molecule has 2 aliphatic carbocycles. The molecule has 0 aromatic heterocycles. The van der Waals surface area contributed by atoms with Gasteiger partial charge in [-0.05, 0) is 43.4 Å². The molecule has 92 valence electrons. The SMILES string of the molecule is CS(=O)(=O)c1cccc(C2(C3(N)CC3)CC2)c1. The predicted molar refractivity (Wildman–Crippen MR) is 66.6 cm³/mol. The zero-order valence-electron chi connectivity index (χ0n) is 9.94. The van der Waals surface area contributed by atoms with Gasteiger partial charge in [-0.15, -0.1) is 0 Å². The number of rotatable bonds is 3. The van der Waals surface area contributed by atoms with Gasteiger partial charge < -0.3 is 5.73 Å². The van der Waals surface area contributed by atoms with Crippen molar-refractivity contribution in [2.24, 2.45) is 5.73 Å². The van der Waals surface area contributed by atoms with E-state index in [1.165, 1.54) is 6.26 Å². The quantitative estimate of drug-likeness (QED) is 0.888. The van der Waals surface area contributed by atoms with Gasteiger partial charge in [-0.3, -0.25) is 0 Å². The minimum absolute atomic E-state index is 0.0632. The maximum absolute atomic E-state index is 11.6. The molecule has 4 heteroatoms. The van der Waals surface area contributed by atoms with Crippen molar-refractivity contribution in [2.45, 2.75) is 41.5 Å². The molecule has 17 heavy (non-hydrogen) atoms. The van der Waals surface area contributed by atoms with Gasteiger partial charge in [0.1, 0.15) is 0 Å². The summed E-state index contributed by atoms with van der Waals surface area (Å²) in [4.78, 5) is 0.408. The first-order chi connectivity index (χ1) is 7.87. The highest BCUT2D eigenvalue weighted by Crippen LogP contribution is 2.63. The highest BCUT2D eigenvalue weighted by molar-refractivity contribution is 7.90. The van der Waals surface area contributed by atoms with E-state index >= 15 is 0 Å². The van der Waals surface area contributed by atoms with Crippen LogP contribution in [0.2, 0.25) is 0 Å². The topological polar surface area (TPSA) is 60.2 Å². The third kappa shape index (κ3) is 1.62. The van der Waals surface area contributed by atoms with E-state index in [4.69, 9.17) is 5.73 Å². The monoisotopic (exact) mass is 251 g/mol. The smallest absolute Gasteiger partial charge is 0.175 e. The van der Waals surface area contributed by atoms with Gasteiger partial charge in [-0.2, -0.15) is 0 Å². The molecule has 0 aliphatic heterocycles. The Kier molecular flexibility index (Phi) is 2.06. The minimum Gasteiger partial charge on any atom is -0.324 e. The van der Waals surface area contributed by atoms with E-state index in [0.29, 0.717) is 4.90 Å². The average molecular weight is 251 g/mol. The molecule has 0 saturated heterocycles. The lowest BCUT2D eigenvalue weighted by Gasteiger charge is -2.23. The highest BCUT2D eigenvalue weighted by Gasteiger charge is 2.64. The Balaban J connectivity index is 2.06. The molecule has 3 nitrogen and oxygen atoms in total. The minimum atomic E-state index is -3.12. The Labute approximate surface area is 102 Å². The summed E-state index contributed by atoms with van der Waals surface area (Å²) >= 11 is 0. The lowest BCUT2D eigenvalue weighted by atomic mass is 9.86. The van der Waals surface area contributed by atoms with Crippen LogP contribution in [-0.2, 0) is 15.3 Å². The zero-order chi connectivity index (χ0) is 12.3. The summed E-state index contributed by atoms with van der Waals surface area (Å²) in [6.07, 6.45) is 5.57. The van der Waals surface area contributed by atoms with Crippen LogP contribution < -0.4 is 5.73 Å². The Morgan fingerprint density at radius 3 is 2.29 bits per heavy atom. The van der Waals surface area contributed by atoms with Crippen molar-refractivity contribution in [1.29, 1.82) is 0 Å². The molecule has 1 aromatic carbocycles. The maximum Gasteiger partial charge on any atom is 0.175 e. The summed E-state index contributed by atoms with van der Waals surface area (Å²) in [6.45, 7) is 0. The van der Waals surface area contributed by atoms with Gasteiger partial charge in [0.05, 0.1) is 4.90 Å². The van der Waals surface area contributed by atoms with Crippen molar-refractivity contribution in [1.82, 2.24) is 0 Å². The molecule has 0 unspecified atom stereocenters. The van der Waals surface area contributed by atoms with Crippen molar-refractivity contribution >= 4 is 9.84 Å². The molecule has 2 N–H and O–H groups in total. The van der Waals surface area contributed by atoms with Crippen LogP contribution in [0.3, 0.4) is 0 Å². The molecule has 0 bridgehead atoms. The summed E-state index contributed by atoms with van der Waals surface area (Å²) in [5.74, 6) is 0. The van der Waals surface area contributed by atoms with E-state index < -0.39 is 9.84 Å². The first kappa shape index (κ1) is 11.2. The van der Waals surface area contributed by atoms with Crippen LogP contribution in [0.4, 0.5) is 0 Å². The number of hydrogen-bond donors (Lipinski definition) is 1. The van der Waals surface area contributed by atoms with Crippen molar-refractivity contribution in [3.63, 3.8) is 0 Å². The fourth-order valence-electron chi connectivity index (χ4n) is 2.84. The van der Waals surface area contributed by atoms with Crippen molar-refractivity contribution in [3.05, 3.63) is 29.8 Å². The van der Waals surface area contributed by atoms with E-state index in [-0.39, 0.29) is 11.0 Å². The van der Waals surface area contributed by atoms with Gasteiger partial charge in [0.25, 0.3) is 0 Å². The fourth-order valence-corrected chi connectivity index (χ4v) is 3.50. The number of hydrogen-bond acceptors (Lipinski definition) is 3. The molecular weight excluding hydrogens is 234 g/mol. The molecule has 0 atom stereocenters. The molecule has 2 fully saturated rings. The number of benzene rings is 1. The van der Waals surface area contributed by atoms with Gasteiger partial charge in [0.2, 0.25) is 0 Å². The summed E-state index contributed by atoms with van der Waals surface area (Å²) < 4.78 is 23.1. The maximum atomic E-state index is 11.6. The summed E-state index contributed by atoms with van der Waals surface area (Å²) in [5.41, 5.74) is 7.44. The standard InChI is InChI=1S/C13H17NO2S/c1-17(15,16)11-4-2-3-10(9-11)12(5-6-12)13(14)7-8-13/h2-4,9H,5-8,14H2,1H3. The predicted octanol–water partition coefficient (Wildman–Crippen LogP) is 1.61. The lowest BCUT2D eigenvalue weighted by molar-refractivity contribution is 0.502. The van der Waals surface area contributed by atoms with Crippen LogP contribution >= 0.6 is 0 Å². The summed E-state index contributed by atoms with van der Waals surface area (Å²) in [7, 11) is -3.12. The van der Waals surface area contributed by atoms with Gasteiger partial charge in [-0.1, -0.05) is 12.1 Å². The van der Waals surface area contributed by atoms with Crippen molar-refractivity contribution in [2.75, 3.05) is 6.26 Å². The molecule has 0 spiro atoms. The largest absolute Gasteiger partial charge is 0.324 e. The van der Waals surface area contributed by atoms with Crippen LogP contribution in [-0.4, -0.2) is 20.2 Å². The third-order valence-corrected chi connectivity index (χ3v) is 5.42. The molecule has 0 radical (unpaired) electrons. The number of sulfone groups is 1. The first-order valence-electron chi connectivity index (χ1n) is 5.97. The molecule has 0 amide bonds. The Bertz CT molecular complexity index is 569. The van der Waals surface area contributed by atoms with Gasteiger partial charge in [-0.25, -0.2) is 8.42 Å². The number of nitrogens with two attached hydrogens (primary N) is 1. The second-order valence-corrected chi connectivity index (χ2v) is 7.55. The fraction of sp³-hybridized carbons (Fsp3) is 0.538. The van der Waals surface area contributed by atoms with Gasteiger partial charge in [0.15, 0.2) is 9.84 Å². The van der Waals surface area contributed by atoms with E-state index in [2.05, 4.69) is 0 Å². The normalized spacial score (nSPS) is 24.4. The molecule has 2 aliphatic rings. The van der Waals surface area contributed by atoms with Crippen LogP contribution in [0, 0.1) is 0 Å². The van der Waals surface area contributed by atoms with E-state index in [9.17, 15) is 8.42 Å². The average Bonchev–Trinajstić information content (AvgIpc) is 3.11. The molecule has 2 saturated carbocycles. The summed E-state index contributed by atoms with van der Waals surface area (Å²) in [6, 6.07) is 7.33. The Morgan fingerprint density at radius 1 is 1.18 bits per heavy atom. The van der Waals surface area contributed by atoms with Crippen LogP contribution in [0.15, 0.2) is 29.2 Å². The van der Waals surface area contributed by atoms with Crippen LogP contribution in [0.1, 0.15) is 31.2 Å². The second-order valence-electron chi connectivity index (χ2n) is 5.54. The third-order valence-electron chi connectivity index (χ3n) is 4.31. The van der Waals surface area contributed by atoms with Gasteiger partial charge >= 0.3 is 0 Å². The van der Waals surface area contributed by atoms with Crippen LogP contribution in [0.25, 0.3) is 0 Å². The Hall–Kier alpha value is -0.870. The summed E-state index contributed by atoms with van der Waals surface area (Å²) in [5, 5.41) is 0. The van der Waals surface area contributed by atoms with E-state index in [1.807, 2.05) is 18.2 Å². The van der Waals surface area contributed by atoms with Crippen molar-refractivity contribution in [3.8, 4) is 0 Å². The van der Waals surface area contributed by atoms with Crippen LogP contribution in [0.5, 0.6) is 0 Å². The molecular formula is C13H17NO2S. The zero-order valence-corrected chi connectivity index (χ0v) is 10.8. The first-order valence-corrected chi connectivity index (χ1v) is 7.86. The van der Waals surface area contributed by atoms with E-state index in [1.54, 1.807) is 6.07 Å². The highest BCUT2D eigenvalue weighted by atomic mass is 32.2. The van der Waals surface area contributed by atoms with E-state index in [0.717, 1.165) is 31.2 Å². The molecule has 1 aromatic rings. The Morgan fingerprint density at radius 2 is 1.82 bits per heavy atom.